The predicted molar refractivity (Wildman–Crippen MR) is 142 cm³/mol. The molecule has 1 amide bonds. The number of nitrogens with zero attached hydrogens (tertiary/aromatic N) is 6. The Morgan fingerprint density at radius 3 is 2.81 bits per heavy atom. The van der Waals surface area contributed by atoms with E-state index in [-0.39, 0.29) is 18.4 Å². The summed E-state index contributed by atoms with van der Waals surface area (Å²) in [6.07, 6.45) is 11.3. The fourth-order valence-electron chi connectivity index (χ4n) is 4.34. The number of hydrogen-bond donors (Lipinski definition) is 1. The number of piperidine rings is 1. The van der Waals surface area contributed by atoms with E-state index in [2.05, 4.69) is 21.4 Å². The molecule has 0 radical (unpaired) electrons. The fraction of sp³-hybridized carbons (Fsp3) is 0.423. The van der Waals surface area contributed by atoms with Crippen molar-refractivity contribution < 1.29 is 4.79 Å². The summed E-state index contributed by atoms with van der Waals surface area (Å²) in [6.45, 7) is 7.18. The largest absolute Gasteiger partial charge is 0.350 e. The van der Waals surface area contributed by atoms with Crippen LogP contribution in [0.5, 0.6) is 0 Å². The molecule has 1 saturated heterocycles. The van der Waals surface area contributed by atoms with Gasteiger partial charge in [0.25, 0.3) is 0 Å². The second-order valence-corrected chi connectivity index (χ2v) is 10.9. The molecule has 0 saturated carbocycles. The van der Waals surface area contributed by atoms with Gasteiger partial charge in [0.2, 0.25) is 11.9 Å². The minimum atomic E-state index is -0.420. The highest BCUT2D eigenvalue weighted by molar-refractivity contribution is 6.34. The van der Waals surface area contributed by atoms with E-state index in [1.54, 1.807) is 24.5 Å². The highest BCUT2D eigenvalue weighted by atomic mass is 35.5. The summed E-state index contributed by atoms with van der Waals surface area (Å²) in [7, 11) is 0. The van der Waals surface area contributed by atoms with Crippen molar-refractivity contribution in [3.63, 3.8) is 0 Å². The summed E-state index contributed by atoms with van der Waals surface area (Å²) in [5, 5.41) is 14.0. The number of aromatic nitrogens is 4. The average molecular weight is 526 g/mol. The molecule has 2 aromatic heterocycles. The van der Waals surface area contributed by atoms with E-state index in [0.717, 1.165) is 25.0 Å². The molecular weight excluding hydrogens is 497 g/mol. The van der Waals surface area contributed by atoms with Gasteiger partial charge in [0.1, 0.15) is 11.6 Å². The Labute approximate surface area is 221 Å². The Morgan fingerprint density at radius 1 is 1.25 bits per heavy atom. The number of carbonyl (C=O) groups excluding carboxylic acids is 1. The monoisotopic (exact) mass is 525 g/mol. The molecule has 1 N–H and O–H groups in total. The molecular formula is C26H29Cl2N7O. The van der Waals surface area contributed by atoms with Gasteiger partial charge in [-0.15, -0.1) is 0 Å². The summed E-state index contributed by atoms with van der Waals surface area (Å²) in [5.41, 5.74) is 1.04. The zero-order chi connectivity index (χ0) is 25.9. The van der Waals surface area contributed by atoms with Crippen LogP contribution >= 0.6 is 23.2 Å². The van der Waals surface area contributed by atoms with Gasteiger partial charge in [-0.25, -0.2) is 9.97 Å². The van der Waals surface area contributed by atoms with Crippen molar-refractivity contribution in [1.29, 1.82) is 5.26 Å². The van der Waals surface area contributed by atoms with Crippen LogP contribution < -0.4 is 5.32 Å². The van der Waals surface area contributed by atoms with Crippen LogP contribution in [0.15, 0.2) is 46.8 Å². The van der Waals surface area contributed by atoms with Gasteiger partial charge in [-0.1, -0.05) is 50.0 Å². The molecule has 36 heavy (non-hydrogen) atoms. The predicted octanol–water partition coefficient (Wildman–Crippen LogP) is 5.21. The van der Waals surface area contributed by atoms with Crippen molar-refractivity contribution in [2.75, 3.05) is 18.4 Å². The van der Waals surface area contributed by atoms with E-state index in [1.807, 2.05) is 42.4 Å². The molecule has 1 aliphatic carbocycles. The number of nitriles is 1. The number of imidazole rings is 1. The standard InChI is InChI=1S/C26H29Cl2N7O/c1-26(2,3)24(36)34-12-4-5-20(16-34)32-25-30-11-9-22(33-25)35-21(8-10-29)15-31-23(35)17-6-7-18(27)14-19(28)13-17/h6-7,9,11,13,15,20H,4-5,8,12,14,16H2,1-3H3,(H,30,32,33)/t20-/m0/s1. The zero-order valence-electron chi connectivity index (χ0n) is 20.6. The minimum Gasteiger partial charge on any atom is -0.350 e. The molecule has 2 aliphatic rings. The lowest BCUT2D eigenvalue weighted by Crippen LogP contribution is -2.49. The Morgan fingerprint density at radius 2 is 2.06 bits per heavy atom. The first-order valence-electron chi connectivity index (χ1n) is 11.9. The van der Waals surface area contributed by atoms with E-state index >= 15 is 0 Å². The van der Waals surface area contributed by atoms with Crippen molar-refractivity contribution >= 4 is 40.6 Å². The number of anilines is 1. The smallest absolute Gasteiger partial charge is 0.228 e. The summed E-state index contributed by atoms with van der Waals surface area (Å²) < 4.78 is 1.84. The maximum atomic E-state index is 12.8. The van der Waals surface area contributed by atoms with Gasteiger partial charge in [-0.2, -0.15) is 10.2 Å². The van der Waals surface area contributed by atoms with E-state index in [4.69, 9.17) is 28.2 Å². The first-order chi connectivity index (χ1) is 17.2. The summed E-state index contributed by atoms with van der Waals surface area (Å²) in [5.74, 6) is 1.78. The Bertz CT molecular complexity index is 1280. The van der Waals surface area contributed by atoms with Crippen LogP contribution in [0.1, 0.15) is 51.6 Å². The van der Waals surface area contributed by atoms with Gasteiger partial charge >= 0.3 is 0 Å². The number of nitrogens with one attached hydrogen (secondary N) is 1. The topological polar surface area (TPSA) is 99.7 Å². The molecule has 0 aromatic carbocycles. The SMILES string of the molecule is CC(C)(C)C(=O)N1CCC[C@H](Nc2nccc(-n3c(CC#N)cnc3C3=CC=C(Cl)CC(Cl)=C3)n2)C1. The van der Waals surface area contributed by atoms with Gasteiger partial charge in [-0.05, 0) is 31.1 Å². The molecule has 1 fully saturated rings. The van der Waals surface area contributed by atoms with Crippen molar-refractivity contribution in [3.8, 4) is 11.9 Å². The Balaban J connectivity index is 1.63. The second-order valence-electron chi connectivity index (χ2n) is 9.97. The Kier molecular flexibility index (Phi) is 7.82. The second kappa shape index (κ2) is 10.9. The molecule has 8 nitrogen and oxygen atoms in total. The fourth-order valence-corrected chi connectivity index (χ4v) is 4.88. The lowest BCUT2D eigenvalue weighted by Gasteiger charge is -2.36. The number of allylic oxidation sites excluding steroid dienone is 6. The van der Waals surface area contributed by atoms with Crippen LogP contribution in [0.4, 0.5) is 5.95 Å². The number of hydrogen-bond acceptors (Lipinski definition) is 6. The maximum Gasteiger partial charge on any atom is 0.228 e. The van der Waals surface area contributed by atoms with Crippen molar-refractivity contribution in [2.45, 2.75) is 52.5 Å². The normalized spacial score (nSPS) is 18.5. The molecule has 1 atom stereocenters. The first-order valence-corrected chi connectivity index (χ1v) is 12.7. The third-order valence-corrected chi connectivity index (χ3v) is 6.50. The molecule has 2 aromatic rings. The number of rotatable bonds is 5. The number of carbonyl (C=O) groups is 1. The van der Waals surface area contributed by atoms with Crippen LogP contribution in [-0.2, 0) is 11.2 Å². The molecule has 0 spiro atoms. The quantitative estimate of drug-likeness (QED) is 0.574. The van der Waals surface area contributed by atoms with Gasteiger partial charge in [0.15, 0.2) is 0 Å². The highest BCUT2D eigenvalue weighted by Crippen LogP contribution is 2.29. The molecule has 0 unspecified atom stereocenters. The van der Waals surface area contributed by atoms with E-state index < -0.39 is 5.41 Å². The number of likely N-dealkylation sites (tertiary alicyclic amines) is 1. The third kappa shape index (κ3) is 5.97. The van der Waals surface area contributed by atoms with Crippen LogP contribution in [-0.4, -0.2) is 49.5 Å². The highest BCUT2D eigenvalue weighted by Gasteiger charge is 2.31. The van der Waals surface area contributed by atoms with Crippen LogP contribution in [0, 0.1) is 16.7 Å². The van der Waals surface area contributed by atoms with Crippen molar-refractivity contribution in [3.05, 3.63) is 58.3 Å². The van der Waals surface area contributed by atoms with Crippen molar-refractivity contribution in [2.24, 2.45) is 5.41 Å². The molecule has 188 valence electrons. The number of halogens is 2. The van der Waals surface area contributed by atoms with E-state index in [1.165, 1.54) is 0 Å². The molecule has 4 rings (SSSR count). The minimum absolute atomic E-state index is 0.0414. The van der Waals surface area contributed by atoms with Crippen molar-refractivity contribution in [1.82, 2.24) is 24.4 Å². The van der Waals surface area contributed by atoms with Crippen LogP contribution in [0.3, 0.4) is 0 Å². The first kappa shape index (κ1) is 25.9. The molecule has 1 aliphatic heterocycles. The van der Waals surface area contributed by atoms with Gasteiger partial charge in [0, 0.05) is 52.8 Å². The van der Waals surface area contributed by atoms with Crippen LogP contribution in [0.2, 0.25) is 0 Å². The van der Waals surface area contributed by atoms with Gasteiger partial charge < -0.3 is 10.2 Å². The third-order valence-electron chi connectivity index (χ3n) is 6.00. The molecule has 10 heteroatoms. The summed E-state index contributed by atoms with van der Waals surface area (Å²) in [6, 6.07) is 4.01. The Hall–Kier alpha value is -3.15. The average Bonchev–Trinajstić information content (AvgIpc) is 3.16. The lowest BCUT2D eigenvalue weighted by molar-refractivity contribution is -0.140. The summed E-state index contributed by atoms with van der Waals surface area (Å²) >= 11 is 12.6. The number of amides is 1. The summed E-state index contributed by atoms with van der Waals surface area (Å²) in [4.78, 5) is 28.4. The van der Waals surface area contributed by atoms with Gasteiger partial charge in [-0.3, -0.25) is 9.36 Å². The molecule has 0 bridgehead atoms. The van der Waals surface area contributed by atoms with Crippen LogP contribution in [0.25, 0.3) is 11.4 Å². The lowest BCUT2D eigenvalue weighted by atomic mass is 9.93. The zero-order valence-corrected chi connectivity index (χ0v) is 22.1. The molecule has 3 heterocycles. The van der Waals surface area contributed by atoms with Gasteiger partial charge in [0.05, 0.1) is 24.4 Å². The van der Waals surface area contributed by atoms with E-state index in [0.29, 0.717) is 46.3 Å². The van der Waals surface area contributed by atoms with E-state index in [9.17, 15) is 10.1 Å². The maximum absolute atomic E-state index is 12.8.